The van der Waals surface area contributed by atoms with Crippen LogP contribution >= 0.6 is 11.6 Å². The SMILES string of the molecule is NC(=O)C1CCN(C(=O)COc2ccc(S(=O)(=O)Nc3ccc(F)cc3)cc2Cl)CC1. The molecule has 0 saturated carbocycles. The average molecular weight is 470 g/mol. The van der Waals surface area contributed by atoms with Gasteiger partial charge in [-0.3, -0.25) is 14.3 Å². The molecule has 31 heavy (non-hydrogen) atoms. The maximum Gasteiger partial charge on any atom is 0.261 e. The van der Waals surface area contributed by atoms with Crippen molar-refractivity contribution in [3.05, 3.63) is 53.3 Å². The van der Waals surface area contributed by atoms with Crippen LogP contribution < -0.4 is 15.2 Å². The van der Waals surface area contributed by atoms with Gasteiger partial charge in [0, 0.05) is 24.7 Å². The topological polar surface area (TPSA) is 119 Å². The lowest BCUT2D eigenvalue weighted by Gasteiger charge is -2.30. The number of rotatable bonds is 7. The summed E-state index contributed by atoms with van der Waals surface area (Å²) < 4.78 is 45.8. The van der Waals surface area contributed by atoms with Crippen molar-refractivity contribution in [3.8, 4) is 5.75 Å². The minimum atomic E-state index is -3.95. The van der Waals surface area contributed by atoms with Gasteiger partial charge in [-0.05, 0) is 55.3 Å². The van der Waals surface area contributed by atoms with Crippen LogP contribution in [-0.4, -0.2) is 44.8 Å². The molecule has 3 rings (SSSR count). The summed E-state index contributed by atoms with van der Waals surface area (Å²) in [5.41, 5.74) is 5.49. The molecule has 0 unspecified atom stereocenters. The number of nitrogens with one attached hydrogen (secondary N) is 1. The highest BCUT2D eigenvalue weighted by Crippen LogP contribution is 2.28. The number of amides is 2. The number of halogens is 2. The number of benzene rings is 2. The Balaban J connectivity index is 1.59. The van der Waals surface area contributed by atoms with Gasteiger partial charge >= 0.3 is 0 Å². The lowest BCUT2D eigenvalue weighted by molar-refractivity contribution is -0.136. The molecule has 0 spiro atoms. The van der Waals surface area contributed by atoms with Crippen molar-refractivity contribution in [1.82, 2.24) is 4.90 Å². The van der Waals surface area contributed by atoms with Crippen molar-refractivity contribution in [2.45, 2.75) is 17.7 Å². The number of likely N-dealkylation sites (tertiary alicyclic amines) is 1. The van der Waals surface area contributed by atoms with Crippen LogP contribution in [0.2, 0.25) is 5.02 Å². The number of hydrogen-bond acceptors (Lipinski definition) is 5. The van der Waals surface area contributed by atoms with E-state index in [1.165, 1.54) is 30.3 Å². The lowest BCUT2D eigenvalue weighted by Crippen LogP contribution is -2.43. The van der Waals surface area contributed by atoms with E-state index >= 15 is 0 Å². The number of hydrogen-bond donors (Lipinski definition) is 2. The molecule has 2 aromatic rings. The van der Waals surface area contributed by atoms with Crippen molar-refractivity contribution in [2.75, 3.05) is 24.4 Å². The van der Waals surface area contributed by atoms with Crippen LogP contribution in [0.5, 0.6) is 5.75 Å². The normalized spacial score (nSPS) is 14.8. The smallest absolute Gasteiger partial charge is 0.261 e. The van der Waals surface area contributed by atoms with Crippen LogP contribution in [0.4, 0.5) is 10.1 Å². The molecule has 1 fully saturated rings. The Bertz CT molecular complexity index is 1070. The maximum absolute atomic E-state index is 13.0. The Labute approximate surface area is 184 Å². The number of nitrogens with two attached hydrogens (primary N) is 1. The van der Waals surface area contributed by atoms with Gasteiger partial charge in [-0.1, -0.05) is 11.6 Å². The highest BCUT2D eigenvalue weighted by molar-refractivity contribution is 7.92. The second kappa shape index (κ2) is 9.52. The van der Waals surface area contributed by atoms with Crippen LogP contribution in [0.15, 0.2) is 47.4 Å². The van der Waals surface area contributed by atoms with Gasteiger partial charge in [-0.2, -0.15) is 0 Å². The fraction of sp³-hybridized carbons (Fsp3) is 0.300. The molecule has 0 aliphatic carbocycles. The Morgan fingerprint density at radius 1 is 1.16 bits per heavy atom. The molecule has 0 atom stereocenters. The van der Waals surface area contributed by atoms with Crippen LogP contribution in [0.3, 0.4) is 0 Å². The van der Waals surface area contributed by atoms with E-state index < -0.39 is 15.8 Å². The average Bonchev–Trinajstić information content (AvgIpc) is 2.74. The van der Waals surface area contributed by atoms with Gasteiger partial charge in [0.15, 0.2) is 6.61 Å². The van der Waals surface area contributed by atoms with Crippen LogP contribution in [-0.2, 0) is 19.6 Å². The lowest BCUT2D eigenvalue weighted by atomic mass is 9.96. The first-order chi connectivity index (χ1) is 14.7. The number of nitrogens with zero attached hydrogens (tertiary/aromatic N) is 1. The number of carbonyl (C=O) groups is 2. The predicted molar refractivity (Wildman–Crippen MR) is 113 cm³/mol. The molecule has 0 aromatic heterocycles. The summed E-state index contributed by atoms with van der Waals surface area (Å²) in [6.07, 6.45) is 1.02. The van der Waals surface area contributed by atoms with Gasteiger partial charge in [0.1, 0.15) is 11.6 Å². The van der Waals surface area contributed by atoms with Gasteiger partial charge in [0.25, 0.3) is 15.9 Å². The number of piperidine rings is 1. The summed E-state index contributed by atoms with van der Waals surface area (Å²) in [5, 5.41) is 0.0159. The van der Waals surface area contributed by atoms with E-state index in [1.54, 1.807) is 4.90 Å². The summed E-state index contributed by atoms with van der Waals surface area (Å²) in [5.74, 6) is -1.19. The van der Waals surface area contributed by atoms with E-state index in [0.29, 0.717) is 25.9 Å². The third-order valence-electron chi connectivity index (χ3n) is 4.91. The van der Waals surface area contributed by atoms with Gasteiger partial charge < -0.3 is 15.4 Å². The Hall–Kier alpha value is -2.85. The first kappa shape index (κ1) is 22.8. The monoisotopic (exact) mass is 469 g/mol. The van der Waals surface area contributed by atoms with Crippen LogP contribution in [0, 0.1) is 11.7 Å². The minimum Gasteiger partial charge on any atom is -0.482 e. The molecule has 0 radical (unpaired) electrons. The van der Waals surface area contributed by atoms with E-state index in [2.05, 4.69) is 4.72 Å². The van der Waals surface area contributed by atoms with E-state index in [0.717, 1.165) is 12.1 Å². The minimum absolute atomic E-state index is 0.0159. The van der Waals surface area contributed by atoms with Crippen LogP contribution in [0.25, 0.3) is 0 Å². The highest BCUT2D eigenvalue weighted by atomic mass is 35.5. The number of primary amides is 1. The van der Waals surface area contributed by atoms with E-state index in [9.17, 15) is 22.4 Å². The molecule has 0 bridgehead atoms. The highest BCUT2D eigenvalue weighted by Gasteiger charge is 2.26. The third-order valence-corrected chi connectivity index (χ3v) is 6.59. The second-order valence-corrected chi connectivity index (χ2v) is 9.14. The quantitative estimate of drug-likeness (QED) is 0.645. The third kappa shape index (κ3) is 5.86. The van der Waals surface area contributed by atoms with E-state index in [-0.39, 0.29) is 45.7 Å². The van der Waals surface area contributed by atoms with Crippen molar-refractivity contribution >= 4 is 39.1 Å². The summed E-state index contributed by atoms with van der Waals surface area (Å²) in [4.78, 5) is 25.0. The Kier molecular flexibility index (Phi) is 7.01. The van der Waals surface area contributed by atoms with E-state index in [4.69, 9.17) is 22.1 Å². The summed E-state index contributed by atoms with van der Waals surface area (Å²) in [6, 6.07) is 8.70. The Morgan fingerprint density at radius 3 is 2.39 bits per heavy atom. The predicted octanol–water partition coefficient (Wildman–Crippen LogP) is 2.38. The van der Waals surface area contributed by atoms with Gasteiger partial charge in [0.05, 0.1) is 9.92 Å². The number of carbonyl (C=O) groups excluding carboxylic acids is 2. The van der Waals surface area contributed by atoms with Crippen LogP contribution in [0.1, 0.15) is 12.8 Å². The molecule has 11 heteroatoms. The first-order valence-electron chi connectivity index (χ1n) is 9.43. The molecule has 1 saturated heterocycles. The number of anilines is 1. The van der Waals surface area contributed by atoms with E-state index in [1.807, 2.05) is 0 Å². The molecule has 166 valence electrons. The molecule has 1 aliphatic heterocycles. The van der Waals surface area contributed by atoms with Gasteiger partial charge in [-0.15, -0.1) is 0 Å². The molecule has 1 heterocycles. The molecular weight excluding hydrogens is 449 g/mol. The molecule has 1 aliphatic rings. The van der Waals surface area contributed by atoms with Gasteiger partial charge in [0.2, 0.25) is 5.91 Å². The fourth-order valence-corrected chi connectivity index (χ4v) is 4.53. The molecular formula is C20H21ClFN3O5S. The fourth-order valence-electron chi connectivity index (χ4n) is 3.14. The number of ether oxygens (including phenoxy) is 1. The Morgan fingerprint density at radius 2 is 1.81 bits per heavy atom. The van der Waals surface area contributed by atoms with Gasteiger partial charge in [-0.25, -0.2) is 12.8 Å². The zero-order valence-electron chi connectivity index (χ0n) is 16.4. The van der Waals surface area contributed by atoms with Crippen molar-refractivity contribution in [1.29, 1.82) is 0 Å². The number of sulfonamides is 1. The summed E-state index contributed by atoms with van der Waals surface area (Å²) in [6.45, 7) is 0.548. The zero-order chi connectivity index (χ0) is 22.6. The summed E-state index contributed by atoms with van der Waals surface area (Å²) in [7, 11) is -3.95. The molecule has 2 amide bonds. The standard InChI is InChI=1S/C20H21ClFN3O5S/c21-17-11-16(31(28,29)24-15-3-1-14(22)2-4-15)5-6-18(17)30-12-19(26)25-9-7-13(8-10-25)20(23)27/h1-6,11,13,24H,7-10,12H2,(H2,23,27). The molecule has 8 nitrogen and oxygen atoms in total. The zero-order valence-corrected chi connectivity index (χ0v) is 18.0. The first-order valence-corrected chi connectivity index (χ1v) is 11.3. The second-order valence-electron chi connectivity index (χ2n) is 7.05. The molecule has 2 aromatic carbocycles. The summed E-state index contributed by atoms with van der Waals surface area (Å²) >= 11 is 6.14. The molecule has 3 N–H and O–H groups in total. The van der Waals surface area contributed by atoms with Crippen molar-refractivity contribution in [3.63, 3.8) is 0 Å². The van der Waals surface area contributed by atoms with Crippen molar-refractivity contribution < 1.29 is 27.1 Å². The maximum atomic E-state index is 13.0. The van der Waals surface area contributed by atoms with Crippen molar-refractivity contribution in [2.24, 2.45) is 11.7 Å². The largest absolute Gasteiger partial charge is 0.482 e.